The van der Waals surface area contributed by atoms with Crippen LogP contribution in [0.25, 0.3) is 0 Å². The van der Waals surface area contributed by atoms with E-state index >= 15 is 0 Å². The molecule has 140 valence electrons. The molecule has 0 heterocycles. The molecule has 26 heavy (non-hydrogen) atoms. The van der Waals surface area contributed by atoms with Crippen LogP contribution < -0.4 is 9.46 Å². The van der Waals surface area contributed by atoms with Crippen LogP contribution in [0.2, 0.25) is 5.02 Å². The molecule has 0 aliphatic carbocycles. The summed E-state index contributed by atoms with van der Waals surface area (Å²) in [6, 6.07) is 12.3. The summed E-state index contributed by atoms with van der Waals surface area (Å²) in [7, 11) is -3.72. The second-order valence-corrected chi connectivity index (χ2v) is 7.56. The molecule has 0 atom stereocenters. The molecule has 2 aromatic carbocycles. The van der Waals surface area contributed by atoms with E-state index in [1.54, 1.807) is 29.2 Å². The van der Waals surface area contributed by atoms with Crippen LogP contribution in [0.3, 0.4) is 0 Å². The van der Waals surface area contributed by atoms with E-state index in [0.29, 0.717) is 29.5 Å². The monoisotopic (exact) mass is 396 g/mol. The maximum absolute atomic E-state index is 12.4. The van der Waals surface area contributed by atoms with Gasteiger partial charge in [0.25, 0.3) is 15.9 Å². The summed E-state index contributed by atoms with van der Waals surface area (Å²) in [4.78, 5) is 13.7. The van der Waals surface area contributed by atoms with Crippen LogP contribution in [0.4, 0.5) is 5.69 Å². The lowest BCUT2D eigenvalue weighted by Gasteiger charge is -2.18. The van der Waals surface area contributed by atoms with Gasteiger partial charge in [0.15, 0.2) is 6.61 Å². The van der Waals surface area contributed by atoms with Gasteiger partial charge in [-0.15, -0.1) is 0 Å². The first-order valence-electron chi connectivity index (χ1n) is 8.14. The maximum Gasteiger partial charge on any atom is 0.261 e. The molecule has 2 aromatic rings. The fraction of sp³-hybridized carbons (Fsp3) is 0.278. The highest BCUT2D eigenvalue weighted by atomic mass is 35.5. The molecule has 0 aliphatic rings. The minimum Gasteiger partial charge on any atom is -0.484 e. The number of sulfonamides is 1. The summed E-state index contributed by atoms with van der Waals surface area (Å²) >= 11 is 5.79. The number of nitrogens with zero attached hydrogens (tertiary/aromatic N) is 1. The quantitative estimate of drug-likeness (QED) is 0.742. The predicted octanol–water partition coefficient (Wildman–Crippen LogP) is 3.39. The van der Waals surface area contributed by atoms with Gasteiger partial charge in [-0.2, -0.15) is 0 Å². The molecule has 0 saturated carbocycles. The molecule has 2 rings (SSSR count). The molecule has 0 aromatic heterocycles. The van der Waals surface area contributed by atoms with Crippen molar-refractivity contribution in [2.75, 3.05) is 24.4 Å². The Morgan fingerprint density at radius 2 is 1.62 bits per heavy atom. The van der Waals surface area contributed by atoms with E-state index < -0.39 is 10.0 Å². The van der Waals surface area contributed by atoms with Crippen molar-refractivity contribution in [3.05, 3.63) is 53.6 Å². The normalized spacial score (nSPS) is 11.0. The SMILES string of the molecule is CCN(CC)C(=O)COc1ccc(S(=O)(=O)Nc2ccc(Cl)cc2)cc1. The smallest absolute Gasteiger partial charge is 0.261 e. The van der Waals surface area contributed by atoms with Crippen molar-refractivity contribution in [2.24, 2.45) is 0 Å². The van der Waals surface area contributed by atoms with Crippen LogP contribution in [-0.2, 0) is 14.8 Å². The second kappa shape index (κ2) is 8.91. The molecule has 0 aliphatic heterocycles. The van der Waals surface area contributed by atoms with Gasteiger partial charge in [-0.3, -0.25) is 9.52 Å². The van der Waals surface area contributed by atoms with Crippen molar-refractivity contribution in [1.82, 2.24) is 4.90 Å². The van der Waals surface area contributed by atoms with Crippen LogP contribution in [0.1, 0.15) is 13.8 Å². The Morgan fingerprint density at radius 3 is 2.15 bits per heavy atom. The van der Waals surface area contributed by atoms with Gasteiger partial charge in [-0.25, -0.2) is 8.42 Å². The molecule has 6 nitrogen and oxygen atoms in total. The zero-order valence-corrected chi connectivity index (χ0v) is 16.2. The number of anilines is 1. The van der Waals surface area contributed by atoms with Gasteiger partial charge in [-0.1, -0.05) is 11.6 Å². The summed E-state index contributed by atoms with van der Waals surface area (Å²) in [5, 5.41) is 0.522. The number of hydrogen-bond acceptors (Lipinski definition) is 4. The van der Waals surface area contributed by atoms with Crippen molar-refractivity contribution >= 4 is 33.2 Å². The minimum absolute atomic E-state index is 0.0865. The third-order valence-corrected chi connectivity index (χ3v) is 5.36. The molecule has 0 saturated heterocycles. The van der Waals surface area contributed by atoms with Gasteiger partial charge in [0.1, 0.15) is 5.75 Å². The molecule has 1 amide bonds. The molecule has 0 fully saturated rings. The Kier molecular flexibility index (Phi) is 6.88. The highest BCUT2D eigenvalue weighted by Crippen LogP contribution is 2.20. The van der Waals surface area contributed by atoms with E-state index in [4.69, 9.17) is 16.3 Å². The van der Waals surface area contributed by atoms with E-state index in [1.165, 1.54) is 24.3 Å². The lowest BCUT2D eigenvalue weighted by atomic mass is 10.3. The number of halogens is 1. The van der Waals surface area contributed by atoms with Gasteiger partial charge < -0.3 is 9.64 Å². The summed E-state index contributed by atoms with van der Waals surface area (Å²) in [6.45, 7) is 4.94. The average Bonchev–Trinajstić information content (AvgIpc) is 2.63. The first-order valence-corrected chi connectivity index (χ1v) is 10.0. The van der Waals surface area contributed by atoms with Gasteiger partial charge in [0.05, 0.1) is 4.90 Å². The van der Waals surface area contributed by atoms with Crippen molar-refractivity contribution in [1.29, 1.82) is 0 Å². The molecular formula is C18H21ClN2O4S. The third-order valence-electron chi connectivity index (χ3n) is 3.71. The van der Waals surface area contributed by atoms with Crippen molar-refractivity contribution in [3.8, 4) is 5.75 Å². The van der Waals surface area contributed by atoms with Crippen LogP contribution in [0.15, 0.2) is 53.4 Å². The third kappa shape index (κ3) is 5.37. The standard InChI is InChI=1S/C18H21ClN2O4S/c1-3-21(4-2)18(22)13-25-16-9-11-17(12-10-16)26(23,24)20-15-7-5-14(19)6-8-15/h5-12,20H,3-4,13H2,1-2H3. The van der Waals surface area contributed by atoms with Gasteiger partial charge in [-0.05, 0) is 62.4 Å². The number of carbonyl (C=O) groups is 1. The number of rotatable bonds is 8. The molecule has 0 radical (unpaired) electrons. The number of ether oxygens (including phenoxy) is 1. The topological polar surface area (TPSA) is 75.7 Å². The van der Waals surface area contributed by atoms with Crippen molar-refractivity contribution in [3.63, 3.8) is 0 Å². The minimum atomic E-state index is -3.72. The number of benzene rings is 2. The van der Waals surface area contributed by atoms with Crippen LogP contribution >= 0.6 is 11.6 Å². The molecule has 0 bridgehead atoms. The highest BCUT2D eigenvalue weighted by Gasteiger charge is 2.15. The Bertz CT molecular complexity index is 832. The highest BCUT2D eigenvalue weighted by molar-refractivity contribution is 7.92. The van der Waals surface area contributed by atoms with E-state index in [1.807, 2.05) is 13.8 Å². The number of likely N-dealkylation sites (N-methyl/N-ethyl adjacent to an activating group) is 1. The van der Waals surface area contributed by atoms with Crippen molar-refractivity contribution < 1.29 is 17.9 Å². The Labute approximate surface area is 158 Å². The maximum atomic E-state index is 12.4. The molecular weight excluding hydrogens is 376 g/mol. The summed E-state index contributed by atoms with van der Waals surface area (Å²) in [5.41, 5.74) is 0.416. The Hall–Kier alpha value is -2.25. The fourth-order valence-corrected chi connectivity index (χ4v) is 3.44. The van der Waals surface area contributed by atoms with Gasteiger partial charge in [0.2, 0.25) is 0 Å². The summed E-state index contributed by atoms with van der Waals surface area (Å²) in [6.07, 6.45) is 0. The summed E-state index contributed by atoms with van der Waals surface area (Å²) < 4.78 is 32.7. The van der Waals surface area contributed by atoms with E-state index in [9.17, 15) is 13.2 Å². The second-order valence-electron chi connectivity index (χ2n) is 5.44. The number of carbonyl (C=O) groups excluding carboxylic acids is 1. The molecule has 0 spiro atoms. The first kappa shape index (κ1) is 20.1. The van der Waals surface area contributed by atoms with E-state index in [0.717, 1.165) is 0 Å². The number of amides is 1. The zero-order chi connectivity index (χ0) is 19.2. The summed E-state index contributed by atoms with van der Waals surface area (Å²) in [5.74, 6) is 0.312. The van der Waals surface area contributed by atoms with Crippen LogP contribution in [-0.4, -0.2) is 38.9 Å². The molecule has 1 N–H and O–H groups in total. The van der Waals surface area contributed by atoms with Crippen molar-refractivity contribution in [2.45, 2.75) is 18.7 Å². The largest absolute Gasteiger partial charge is 0.484 e. The van der Waals surface area contributed by atoms with Crippen LogP contribution in [0, 0.1) is 0 Å². The lowest BCUT2D eigenvalue weighted by molar-refractivity contribution is -0.132. The number of hydrogen-bond donors (Lipinski definition) is 1. The lowest BCUT2D eigenvalue weighted by Crippen LogP contribution is -2.34. The first-order chi connectivity index (χ1) is 12.4. The van der Waals surface area contributed by atoms with Gasteiger partial charge >= 0.3 is 0 Å². The Morgan fingerprint density at radius 1 is 1.04 bits per heavy atom. The predicted molar refractivity (Wildman–Crippen MR) is 102 cm³/mol. The van der Waals surface area contributed by atoms with Crippen LogP contribution in [0.5, 0.6) is 5.75 Å². The number of nitrogens with one attached hydrogen (secondary N) is 1. The van der Waals surface area contributed by atoms with E-state index in [2.05, 4.69) is 4.72 Å². The average molecular weight is 397 g/mol. The fourth-order valence-electron chi connectivity index (χ4n) is 2.26. The zero-order valence-electron chi connectivity index (χ0n) is 14.6. The Balaban J connectivity index is 2.01. The molecule has 8 heteroatoms. The van der Waals surface area contributed by atoms with Gasteiger partial charge in [0, 0.05) is 23.8 Å². The molecule has 0 unspecified atom stereocenters. The van der Waals surface area contributed by atoms with E-state index in [-0.39, 0.29) is 17.4 Å².